The van der Waals surface area contributed by atoms with Gasteiger partial charge < -0.3 is 25.0 Å². The largest absolute Gasteiger partial charge is 0.361 e. The van der Waals surface area contributed by atoms with Crippen molar-refractivity contribution in [1.82, 2.24) is 25.0 Å². The molecule has 2 aliphatic rings. The van der Waals surface area contributed by atoms with Gasteiger partial charge in [0.15, 0.2) is 0 Å². The number of nitrogens with one attached hydrogen (secondary N) is 2. The first kappa shape index (κ1) is 32.2. The normalized spacial score (nSPS) is 20.3. The maximum atomic E-state index is 15.1. The van der Waals surface area contributed by atoms with Crippen molar-refractivity contribution in [3.05, 3.63) is 99.9 Å². The lowest BCUT2D eigenvalue weighted by Crippen LogP contribution is -2.51. The van der Waals surface area contributed by atoms with Crippen molar-refractivity contribution in [3.8, 4) is 0 Å². The molecule has 0 aliphatic carbocycles. The molecule has 0 radical (unpaired) electrons. The molecule has 8 nitrogen and oxygen atoms in total. The Balaban J connectivity index is 1.47. The van der Waals surface area contributed by atoms with Gasteiger partial charge in [-0.3, -0.25) is 9.59 Å². The number of aromatic amines is 1. The number of benzene rings is 3. The summed E-state index contributed by atoms with van der Waals surface area (Å²) < 4.78 is 13.3. The fourth-order valence-corrected chi connectivity index (χ4v) is 8.26. The van der Waals surface area contributed by atoms with E-state index < -0.39 is 16.6 Å². The molecular weight excluding hydrogens is 648 g/mol. The van der Waals surface area contributed by atoms with Crippen LogP contribution in [0.3, 0.4) is 0 Å². The lowest BCUT2D eigenvalue weighted by atomic mass is 9.90. The number of urea groups is 1. The van der Waals surface area contributed by atoms with E-state index in [0.29, 0.717) is 49.7 Å². The number of fused-ring (bicyclic) bond motifs is 1. The van der Waals surface area contributed by atoms with E-state index in [9.17, 15) is 14.0 Å². The number of thioether (sulfide) groups is 1. The van der Waals surface area contributed by atoms with E-state index in [2.05, 4.69) is 10.3 Å². The SMILES string of the molecule is CCNC(=O)N1CCCN(C(=O)C2(Sc3ccccc3)CC(=O)N(Cc3ccc(Cl)c(F)c3)C2c2c[nH]c3cc(Cl)ccc23)CC1. The summed E-state index contributed by atoms with van der Waals surface area (Å²) in [6.45, 7) is 4.14. The number of carbonyl (C=O) groups is 3. The number of nitrogens with zero attached hydrogens (tertiary/aromatic N) is 3. The van der Waals surface area contributed by atoms with Crippen molar-refractivity contribution in [1.29, 1.82) is 0 Å². The predicted molar refractivity (Wildman–Crippen MR) is 179 cm³/mol. The lowest BCUT2D eigenvalue weighted by molar-refractivity contribution is -0.134. The van der Waals surface area contributed by atoms with Crippen LogP contribution in [0.25, 0.3) is 10.9 Å². The Morgan fingerprint density at radius 3 is 2.54 bits per heavy atom. The van der Waals surface area contributed by atoms with Crippen LogP contribution in [-0.2, 0) is 16.1 Å². The Labute approximate surface area is 281 Å². The fraction of sp³-hybridized carbons (Fsp3) is 0.324. The van der Waals surface area contributed by atoms with Crippen molar-refractivity contribution in [2.75, 3.05) is 32.7 Å². The Bertz CT molecular complexity index is 1770. The number of aromatic nitrogens is 1. The van der Waals surface area contributed by atoms with Crippen LogP contribution in [0.5, 0.6) is 0 Å². The van der Waals surface area contributed by atoms with Crippen molar-refractivity contribution in [3.63, 3.8) is 0 Å². The number of hydrogen-bond acceptors (Lipinski definition) is 4. The van der Waals surface area contributed by atoms with Gasteiger partial charge >= 0.3 is 6.03 Å². The minimum Gasteiger partial charge on any atom is -0.361 e. The zero-order valence-corrected chi connectivity index (χ0v) is 27.6. The number of hydrogen-bond donors (Lipinski definition) is 2. The summed E-state index contributed by atoms with van der Waals surface area (Å²) in [6, 6.07) is 18.7. The van der Waals surface area contributed by atoms with Gasteiger partial charge in [-0.15, -0.1) is 11.8 Å². The molecule has 2 aliphatic heterocycles. The Kier molecular flexibility index (Phi) is 9.49. The molecule has 0 bridgehead atoms. The topological polar surface area (TPSA) is 88.8 Å². The smallest absolute Gasteiger partial charge is 0.317 e. The quantitative estimate of drug-likeness (QED) is 0.223. The number of H-pyrrole nitrogens is 1. The van der Waals surface area contributed by atoms with Crippen LogP contribution in [0.1, 0.15) is 36.9 Å². The van der Waals surface area contributed by atoms with E-state index in [0.717, 1.165) is 21.4 Å². The van der Waals surface area contributed by atoms with Gasteiger partial charge in [0.25, 0.3) is 0 Å². The molecular formula is C34H34Cl2FN5O3S. The molecule has 0 saturated carbocycles. The van der Waals surface area contributed by atoms with Crippen LogP contribution >= 0.6 is 35.0 Å². The fourth-order valence-electron chi connectivity index (χ4n) is 6.48. The zero-order chi connectivity index (χ0) is 32.4. The molecule has 46 heavy (non-hydrogen) atoms. The molecule has 12 heteroatoms. The van der Waals surface area contributed by atoms with Crippen LogP contribution in [-0.4, -0.2) is 75.0 Å². The van der Waals surface area contributed by atoms with Crippen molar-refractivity contribution in [2.45, 2.75) is 42.0 Å². The van der Waals surface area contributed by atoms with Crippen molar-refractivity contribution in [2.24, 2.45) is 0 Å². The van der Waals surface area contributed by atoms with Crippen LogP contribution in [0.4, 0.5) is 9.18 Å². The van der Waals surface area contributed by atoms with Gasteiger partial charge in [0.1, 0.15) is 10.6 Å². The summed E-state index contributed by atoms with van der Waals surface area (Å²) >= 11 is 13.7. The van der Waals surface area contributed by atoms with E-state index in [-0.39, 0.29) is 35.8 Å². The van der Waals surface area contributed by atoms with Crippen molar-refractivity contribution < 1.29 is 18.8 Å². The molecule has 2 unspecified atom stereocenters. The number of halogens is 3. The molecule has 2 fully saturated rings. The molecule has 240 valence electrons. The Hall–Kier alpha value is -3.73. The molecule has 2 N–H and O–H groups in total. The predicted octanol–water partition coefficient (Wildman–Crippen LogP) is 6.88. The van der Waals surface area contributed by atoms with Gasteiger partial charge in [-0.2, -0.15) is 0 Å². The summed E-state index contributed by atoms with van der Waals surface area (Å²) in [5.74, 6) is -0.976. The molecule has 6 rings (SSSR count). The minimum atomic E-state index is -1.28. The van der Waals surface area contributed by atoms with Gasteiger partial charge in [-0.25, -0.2) is 9.18 Å². The summed E-state index contributed by atoms with van der Waals surface area (Å²) in [5, 5.41) is 4.23. The average Bonchev–Trinajstić information content (AvgIpc) is 3.44. The highest BCUT2D eigenvalue weighted by molar-refractivity contribution is 8.01. The highest BCUT2D eigenvalue weighted by atomic mass is 35.5. The Morgan fingerprint density at radius 2 is 1.78 bits per heavy atom. The van der Waals surface area contributed by atoms with E-state index in [4.69, 9.17) is 23.2 Å². The second kappa shape index (κ2) is 13.6. The molecule has 4 amide bonds. The van der Waals surface area contributed by atoms with Gasteiger partial charge in [-0.1, -0.05) is 53.5 Å². The van der Waals surface area contributed by atoms with Crippen LogP contribution in [0.15, 0.2) is 77.8 Å². The minimum absolute atomic E-state index is 0.00598. The van der Waals surface area contributed by atoms with Gasteiger partial charge in [0, 0.05) is 71.8 Å². The number of rotatable bonds is 7. The van der Waals surface area contributed by atoms with Crippen LogP contribution in [0, 0.1) is 5.82 Å². The van der Waals surface area contributed by atoms with Gasteiger partial charge in [0.2, 0.25) is 11.8 Å². The van der Waals surface area contributed by atoms with E-state index in [1.54, 1.807) is 26.8 Å². The number of likely N-dealkylation sites (tertiary alicyclic amines) is 1. The van der Waals surface area contributed by atoms with E-state index in [1.807, 2.05) is 55.6 Å². The molecule has 0 spiro atoms. The highest BCUT2D eigenvalue weighted by Crippen LogP contribution is 2.55. The zero-order valence-electron chi connectivity index (χ0n) is 25.3. The summed E-state index contributed by atoms with van der Waals surface area (Å²) in [7, 11) is 0. The van der Waals surface area contributed by atoms with Gasteiger partial charge in [0.05, 0.1) is 17.5 Å². The molecule has 2 saturated heterocycles. The number of carbonyl (C=O) groups excluding carboxylic acids is 3. The number of amides is 4. The summed E-state index contributed by atoms with van der Waals surface area (Å²) in [6.07, 6.45) is 2.38. The lowest BCUT2D eigenvalue weighted by Gasteiger charge is -2.39. The monoisotopic (exact) mass is 681 g/mol. The second-order valence-electron chi connectivity index (χ2n) is 11.6. The molecule has 4 aromatic rings. The summed E-state index contributed by atoms with van der Waals surface area (Å²) in [5.41, 5.74) is 2.10. The molecule has 2 atom stereocenters. The Morgan fingerprint density at radius 1 is 1.02 bits per heavy atom. The third-order valence-corrected chi connectivity index (χ3v) is 10.6. The first-order valence-corrected chi connectivity index (χ1v) is 16.8. The third kappa shape index (κ3) is 6.30. The first-order chi connectivity index (χ1) is 22.2. The van der Waals surface area contributed by atoms with E-state index in [1.165, 1.54) is 23.9 Å². The molecule has 3 heterocycles. The highest BCUT2D eigenvalue weighted by Gasteiger charge is 2.59. The van der Waals surface area contributed by atoms with Gasteiger partial charge in [-0.05, 0) is 55.3 Å². The van der Waals surface area contributed by atoms with E-state index >= 15 is 4.79 Å². The maximum Gasteiger partial charge on any atom is 0.317 e. The van der Waals surface area contributed by atoms with Crippen molar-refractivity contribution >= 4 is 63.7 Å². The standard InChI is InChI=1S/C34H34Cl2FN5O3S/c1-2-38-33(45)41-14-6-13-40(15-16-41)32(44)34(46-24-7-4-3-5-8-24)19-30(43)42(21-22-9-12-27(36)28(37)17-22)31(34)26-20-39-29-18-23(35)10-11-25(26)29/h3-5,7-12,17-18,20,31,39H,2,6,13-16,19,21H2,1H3,(H,38,45). The van der Waals surface area contributed by atoms with Crippen LogP contribution in [0.2, 0.25) is 10.0 Å². The maximum absolute atomic E-state index is 15.1. The average molecular weight is 683 g/mol. The second-order valence-corrected chi connectivity index (χ2v) is 13.8. The molecule has 1 aromatic heterocycles. The molecule has 3 aromatic carbocycles. The third-order valence-electron chi connectivity index (χ3n) is 8.60. The first-order valence-electron chi connectivity index (χ1n) is 15.3. The van der Waals surface area contributed by atoms with Crippen LogP contribution < -0.4 is 5.32 Å². The summed E-state index contributed by atoms with van der Waals surface area (Å²) in [4.78, 5) is 51.4.